The number of nitrogens with zero attached hydrogens (tertiary/aromatic N) is 2. The summed E-state index contributed by atoms with van der Waals surface area (Å²) in [6, 6.07) is 12.0. The number of thioether (sulfide) groups is 1. The highest BCUT2D eigenvalue weighted by atomic mass is 127. The maximum Gasteiger partial charge on any atom is 0.293 e. The van der Waals surface area contributed by atoms with Crippen LogP contribution in [0.25, 0.3) is 6.08 Å². The van der Waals surface area contributed by atoms with Crippen molar-refractivity contribution >= 4 is 63.2 Å². The Bertz CT molecular complexity index is 1000. The van der Waals surface area contributed by atoms with E-state index in [1.54, 1.807) is 30.3 Å². The first-order valence-electron chi connectivity index (χ1n) is 7.32. The van der Waals surface area contributed by atoms with Gasteiger partial charge in [-0.05, 0) is 64.2 Å². The second-order valence-corrected chi connectivity index (χ2v) is 7.95. The maximum atomic E-state index is 12.6. The molecule has 0 radical (unpaired) electrons. The van der Waals surface area contributed by atoms with Crippen LogP contribution in [0.5, 0.6) is 5.75 Å². The lowest BCUT2D eigenvalue weighted by atomic mass is 10.1. The molecule has 1 saturated heterocycles. The Hall–Kier alpha value is -2.02. The minimum Gasteiger partial charge on any atom is -0.506 e. The summed E-state index contributed by atoms with van der Waals surface area (Å²) in [4.78, 5) is 26.2. The molecule has 1 heterocycles. The number of amides is 2. The molecule has 0 unspecified atom stereocenters. The molecule has 0 bridgehead atoms. The fourth-order valence-electron chi connectivity index (χ4n) is 2.41. The summed E-state index contributed by atoms with van der Waals surface area (Å²) in [6.45, 7) is 0.0187. The third-order valence-electron chi connectivity index (χ3n) is 3.68. The third kappa shape index (κ3) is 3.72. The van der Waals surface area contributed by atoms with Crippen molar-refractivity contribution in [2.24, 2.45) is 0 Å². The van der Waals surface area contributed by atoms with E-state index in [2.05, 4.69) is 6.07 Å². The highest BCUT2D eigenvalue weighted by Crippen LogP contribution is 2.36. The van der Waals surface area contributed by atoms with Crippen LogP contribution < -0.4 is 0 Å². The Morgan fingerprint density at radius 3 is 2.77 bits per heavy atom. The molecule has 3 rings (SSSR count). The van der Waals surface area contributed by atoms with Gasteiger partial charge in [0.25, 0.3) is 11.1 Å². The number of nitriles is 1. The quantitative estimate of drug-likeness (QED) is 0.490. The van der Waals surface area contributed by atoms with Gasteiger partial charge in [0.15, 0.2) is 0 Å². The largest absolute Gasteiger partial charge is 0.506 e. The van der Waals surface area contributed by atoms with Crippen molar-refractivity contribution in [3.8, 4) is 11.8 Å². The van der Waals surface area contributed by atoms with Crippen LogP contribution in [0.2, 0.25) is 5.02 Å². The fourth-order valence-corrected chi connectivity index (χ4v) is 4.30. The van der Waals surface area contributed by atoms with Crippen LogP contribution in [0.4, 0.5) is 4.79 Å². The zero-order chi connectivity index (χ0) is 18.8. The Kier molecular flexibility index (Phi) is 5.55. The van der Waals surface area contributed by atoms with E-state index in [4.69, 9.17) is 16.9 Å². The van der Waals surface area contributed by atoms with Gasteiger partial charge in [-0.25, -0.2) is 0 Å². The van der Waals surface area contributed by atoms with Gasteiger partial charge in [-0.1, -0.05) is 29.8 Å². The average Bonchev–Trinajstić information content (AvgIpc) is 2.87. The van der Waals surface area contributed by atoms with E-state index < -0.39 is 11.1 Å². The maximum absolute atomic E-state index is 12.6. The molecule has 130 valence electrons. The zero-order valence-corrected chi connectivity index (χ0v) is 16.8. The van der Waals surface area contributed by atoms with Crippen molar-refractivity contribution in [3.05, 3.63) is 66.6 Å². The number of carbonyl (C=O) groups is 2. The molecule has 2 aromatic carbocycles. The first-order chi connectivity index (χ1) is 12.4. The van der Waals surface area contributed by atoms with Gasteiger partial charge in [0, 0.05) is 10.6 Å². The Labute approximate surface area is 172 Å². The predicted molar refractivity (Wildman–Crippen MR) is 109 cm³/mol. The van der Waals surface area contributed by atoms with E-state index in [1.807, 2.05) is 22.6 Å². The molecule has 8 heteroatoms. The topological polar surface area (TPSA) is 81.4 Å². The predicted octanol–water partition coefficient (Wildman–Crippen LogP) is 4.76. The molecular formula is C18H10ClIN2O3S. The molecular weight excluding hydrogens is 487 g/mol. The van der Waals surface area contributed by atoms with Crippen LogP contribution in [0.1, 0.15) is 16.7 Å². The van der Waals surface area contributed by atoms with Gasteiger partial charge >= 0.3 is 0 Å². The molecule has 1 aliphatic rings. The molecule has 1 aliphatic heterocycles. The van der Waals surface area contributed by atoms with E-state index >= 15 is 0 Å². The number of rotatable bonds is 3. The number of phenolic OH excluding ortho intramolecular Hbond substituents is 1. The molecule has 2 aromatic rings. The Balaban J connectivity index is 1.91. The summed E-state index contributed by atoms with van der Waals surface area (Å²) >= 11 is 8.72. The monoisotopic (exact) mass is 496 g/mol. The number of hydrogen-bond donors (Lipinski definition) is 1. The SMILES string of the molecule is N#Cc1ccccc1CN1C(=O)S/C(=C/c2cc(Cl)cc(I)c2O)C1=O. The Morgan fingerprint density at radius 1 is 1.31 bits per heavy atom. The van der Waals surface area contributed by atoms with Crippen molar-refractivity contribution in [1.82, 2.24) is 4.90 Å². The standard InChI is InChI=1S/C18H10ClIN2O3S/c19-13-5-12(16(23)14(20)7-13)6-15-17(24)22(18(25)26-15)9-11-4-2-1-3-10(11)8-21/h1-7,23H,9H2/b15-6+. The average molecular weight is 497 g/mol. The number of hydrogen-bond acceptors (Lipinski definition) is 5. The minimum atomic E-state index is -0.470. The first kappa shape index (κ1) is 18.8. The highest BCUT2D eigenvalue weighted by molar-refractivity contribution is 14.1. The van der Waals surface area contributed by atoms with Crippen LogP contribution in [-0.4, -0.2) is 21.2 Å². The smallest absolute Gasteiger partial charge is 0.293 e. The summed E-state index contributed by atoms with van der Waals surface area (Å²) in [6.07, 6.45) is 1.45. The van der Waals surface area contributed by atoms with Crippen LogP contribution >= 0.6 is 46.0 Å². The third-order valence-corrected chi connectivity index (χ3v) is 5.63. The second kappa shape index (κ2) is 7.70. The van der Waals surface area contributed by atoms with Gasteiger partial charge < -0.3 is 5.11 Å². The Morgan fingerprint density at radius 2 is 2.04 bits per heavy atom. The number of halogens is 2. The summed E-state index contributed by atoms with van der Waals surface area (Å²) in [7, 11) is 0. The molecule has 0 atom stereocenters. The second-order valence-electron chi connectivity index (χ2n) is 5.36. The first-order valence-corrected chi connectivity index (χ1v) is 9.59. The molecule has 1 N–H and O–H groups in total. The lowest BCUT2D eigenvalue weighted by Gasteiger charge is -2.13. The number of phenols is 1. The van der Waals surface area contributed by atoms with Crippen molar-refractivity contribution < 1.29 is 14.7 Å². The molecule has 0 aromatic heterocycles. The lowest BCUT2D eigenvalue weighted by Crippen LogP contribution is -2.27. The van der Waals surface area contributed by atoms with E-state index in [0.29, 0.717) is 25.3 Å². The lowest BCUT2D eigenvalue weighted by molar-refractivity contribution is -0.123. The molecule has 5 nitrogen and oxygen atoms in total. The number of imide groups is 1. The number of aromatic hydroxyl groups is 1. The van der Waals surface area contributed by atoms with E-state index in [9.17, 15) is 14.7 Å². The van der Waals surface area contributed by atoms with Gasteiger partial charge in [0.2, 0.25) is 0 Å². The van der Waals surface area contributed by atoms with E-state index in [0.717, 1.165) is 16.7 Å². The molecule has 0 aliphatic carbocycles. The summed E-state index contributed by atoms with van der Waals surface area (Å²) in [5, 5.41) is 19.3. The van der Waals surface area contributed by atoms with Crippen LogP contribution in [-0.2, 0) is 11.3 Å². The summed E-state index contributed by atoms with van der Waals surface area (Å²) < 4.78 is 0.545. The summed E-state index contributed by atoms with van der Waals surface area (Å²) in [5.74, 6) is -0.473. The fraction of sp³-hybridized carbons (Fsp3) is 0.0556. The molecule has 1 fully saturated rings. The highest BCUT2D eigenvalue weighted by Gasteiger charge is 2.35. The minimum absolute atomic E-state index is 0.00312. The van der Waals surface area contributed by atoms with Crippen molar-refractivity contribution in [1.29, 1.82) is 5.26 Å². The van der Waals surface area contributed by atoms with Crippen molar-refractivity contribution in [3.63, 3.8) is 0 Å². The normalized spacial score (nSPS) is 15.6. The van der Waals surface area contributed by atoms with Crippen molar-refractivity contribution in [2.45, 2.75) is 6.54 Å². The van der Waals surface area contributed by atoms with Crippen molar-refractivity contribution in [2.75, 3.05) is 0 Å². The van der Waals surface area contributed by atoms with Gasteiger partial charge in [-0.2, -0.15) is 5.26 Å². The zero-order valence-electron chi connectivity index (χ0n) is 13.1. The van der Waals surface area contributed by atoms with Gasteiger partial charge in [0.1, 0.15) is 5.75 Å². The van der Waals surface area contributed by atoms with Crippen LogP contribution in [0, 0.1) is 14.9 Å². The summed E-state index contributed by atoms with van der Waals surface area (Å²) in [5.41, 5.74) is 1.38. The number of benzene rings is 2. The van der Waals surface area contributed by atoms with Crippen LogP contribution in [0.15, 0.2) is 41.3 Å². The molecule has 26 heavy (non-hydrogen) atoms. The molecule has 0 saturated carbocycles. The number of carbonyl (C=O) groups excluding carboxylic acids is 2. The van der Waals surface area contributed by atoms with Gasteiger partial charge in [0.05, 0.1) is 26.7 Å². The van der Waals surface area contributed by atoms with Crippen LogP contribution in [0.3, 0.4) is 0 Å². The molecule has 0 spiro atoms. The van der Waals surface area contributed by atoms with E-state index in [1.165, 1.54) is 12.1 Å². The van der Waals surface area contributed by atoms with E-state index in [-0.39, 0.29) is 17.2 Å². The van der Waals surface area contributed by atoms with Gasteiger partial charge in [-0.15, -0.1) is 0 Å². The molecule has 2 amide bonds. The van der Waals surface area contributed by atoms with Gasteiger partial charge in [-0.3, -0.25) is 14.5 Å².